The summed E-state index contributed by atoms with van der Waals surface area (Å²) in [6.45, 7) is 5.83. The molecule has 2 aromatic rings. The summed E-state index contributed by atoms with van der Waals surface area (Å²) in [5.41, 5.74) is -3.43. The van der Waals surface area contributed by atoms with Crippen molar-refractivity contribution in [3.05, 3.63) is 52.3 Å². The fourth-order valence-electron chi connectivity index (χ4n) is 2.90. The lowest BCUT2D eigenvalue weighted by atomic mass is 9.84. The largest absolute Gasteiger partial charge is 0.489 e. The second-order valence-corrected chi connectivity index (χ2v) is 6.54. The van der Waals surface area contributed by atoms with Gasteiger partial charge in [-0.25, -0.2) is 18.2 Å². The number of rotatable bonds is 4. The van der Waals surface area contributed by atoms with Crippen LogP contribution in [0.1, 0.15) is 18.2 Å². The number of aromatic nitrogens is 1. The molecule has 0 saturated heterocycles. The minimum absolute atomic E-state index is 0.00741. The first kappa shape index (κ1) is 18.7. The molecule has 138 valence electrons. The molecule has 8 heteroatoms. The van der Waals surface area contributed by atoms with E-state index in [1.54, 1.807) is 6.92 Å². The van der Waals surface area contributed by atoms with Crippen LogP contribution in [-0.2, 0) is 11.0 Å². The van der Waals surface area contributed by atoms with Crippen LogP contribution in [0.4, 0.5) is 13.2 Å². The van der Waals surface area contributed by atoms with Gasteiger partial charge in [-0.1, -0.05) is 4.85 Å². The van der Waals surface area contributed by atoms with Gasteiger partial charge in [0.2, 0.25) is 5.60 Å². The quantitative estimate of drug-likeness (QED) is 0.890. The summed E-state index contributed by atoms with van der Waals surface area (Å²) in [6.07, 6.45) is -3.23. The maximum absolute atomic E-state index is 13.6. The Bertz CT molecular complexity index is 966. The monoisotopic (exact) mass is 374 g/mol. The number of halogens is 3. The van der Waals surface area contributed by atoms with Crippen LogP contribution in [0.3, 0.4) is 0 Å². The van der Waals surface area contributed by atoms with Gasteiger partial charge in [-0.3, -0.25) is 0 Å². The molecule has 1 N–H and O–H groups in total. The maximum atomic E-state index is 13.6. The summed E-state index contributed by atoms with van der Waals surface area (Å²) in [5, 5.41) is 20.0. The normalized spacial score (nSPS) is 20.3. The molecule has 0 aliphatic carbocycles. The third-order valence-corrected chi connectivity index (χ3v) is 4.57. The molecule has 1 aliphatic rings. The van der Waals surface area contributed by atoms with Crippen molar-refractivity contribution in [2.45, 2.75) is 24.4 Å². The number of hydrogen-bond donors (Lipinski definition) is 1. The molecule has 3 rings (SSSR count). The lowest BCUT2D eigenvalue weighted by Crippen LogP contribution is -2.38. The number of fused-ring (bicyclic) bond motifs is 1. The van der Waals surface area contributed by atoms with Crippen LogP contribution in [0.15, 0.2) is 30.3 Å². The number of benzene rings is 1. The Morgan fingerprint density at radius 3 is 2.67 bits per heavy atom. The molecule has 1 aliphatic heterocycles. The Morgan fingerprint density at radius 2 is 2.11 bits per heavy atom. The van der Waals surface area contributed by atoms with Gasteiger partial charge in [0.05, 0.1) is 11.8 Å². The SMILES string of the molecule is C#[N+]C[C@](O)(c1cc2c(c(-c3ccc(F)cc3)n1)OC[C@]2(C)C#N)C(F)F. The van der Waals surface area contributed by atoms with E-state index < -0.39 is 35.5 Å². The highest BCUT2D eigenvalue weighted by Gasteiger charge is 2.49. The first-order valence-electron chi connectivity index (χ1n) is 7.98. The molecule has 5 nitrogen and oxygen atoms in total. The highest BCUT2D eigenvalue weighted by atomic mass is 19.3. The third-order valence-electron chi connectivity index (χ3n) is 4.57. The van der Waals surface area contributed by atoms with E-state index in [0.29, 0.717) is 11.1 Å². The Kier molecular flexibility index (Phi) is 4.54. The van der Waals surface area contributed by atoms with Crippen molar-refractivity contribution >= 4 is 0 Å². The molecule has 2 heterocycles. The molecule has 0 amide bonds. The summed E-state index contributed by atoms with van der Waals surface area (Å²) in [7, 11) is 0. The number of hydrogen-bond acceptors (Lipinski definition) is 4. The average molecular weight is 374 g/mol. The molecule has 0 bridgehead atoms. The van der Waals surface area contributed by atoms with E-state index in [1.807, 2.05) is 0 Å². The van der Waals surface area contributed by atoms with Gasteiger partial charge >= 0.3 is 6.54 Å². The highest BCUT2D eigenvalue weighted by molar-refractivity contribution is 5.71. The van der Waals surface area contributed by atoms with Crippen LogP contribution in [0.2, 0.25) is 0 Å². The summed E-state index contributed by atoms with van der Waals surface area (Å²) in [6, 6.07) is 8.49. The highest BCUT2D eigenvalue weighted by Crippen LogP contribution is 2.45. The van der Waals surface area contributed by atoms with Crippen molar-refractivity contribution in [1.82, 2.24) is 4.98 Å². The van der Waals surface area contributed by atoms with Crippen LogP contribution in [0.5, 0.6) is 5.75 Å². The van der Waals surface area contributed by atoms with E-state index in [9.17, 15) is 23.5 Å². The van der Waals surface area contributed by atoms with Crippen LogP contribution in [0, 0.1) is 23.7 Å². The molecular formula is C19H15F3N3O2+. The molecule has 0 radical (unpaired) electrons. The zero-order chi connectivity index (χ0) is 19.8. The van der Waals surface area contributed by atoms with E-state index in [0.717, 1.165) is 0 Å². The number of aliphatic hydroxyl groups is 1. The van der Waals surface area contributed by atoms with Gasteiger partial charge in [-0.2, -0.15) is 5.26 Å². The minimum Gasteiger partial charge on any atom is -0.489 e. The molecule has 1 aromatic carbocycles. The van der Waals surface area contributed by atoms with E-state index >= 15 is 0 Å². The lowest BCUT2D eigenvalue weighted by Gasteiger charge is -2.23. The molecular weight excluding hydrogens is 359 g/mol. The van der Waals surface area contributed by atoms with Crippen molar-refractivity contribution in [2.24, 2.45) is 0 Å². The second-order valence-electron chi connectivity index (χ2n) is 6.54. The molecule has 27 heavy (non-hydrogen) atoms. The van der Waals surface area contributed by atoms with Crippen molar-refractivity contribution < 1.29 is 23.0 Å². The summed E-state index contributed by atoms with van der Waals surface area (Å²) >= 11 is 0. The van der Waals surface area contributed by atoms with Gasteiger partial charge in [0.15, 0.2) is 5.75 Å². The third kappa shape index (κ3) is 2.98. The van der Waals surface area contributed by atoms with Crippen molar-refractivity contribution in [3.63, 3.8) is 0 Å². The van der Waals surface area contributed by atoms with Gasteiger partial charge in [0.1, 0.15) is 23.5 Å². The Balaban J connectivity index is 2.30. The first-order valence-corrected chi connectivity index (χ1v) is 7.98. The van der Waals surface area contributed by atoms with E-state index in [1.165, 1.54) is 30.3 Å². The standard InChI is InChI=1S/C19H15F3N3O2/c1-18(8-23)10-27-16-13(18)7-14(19(26,9-24-2)17(21)22)25-15(16)11-3-5-12(20)6-4-11/h2-7,17,26H,9-10H2,1H3/q+1/t18-,19-/m0/s1. The van der Waals surface area contributed by atoms with Gasteiger partial charge in [-0.15, -0.1) is 0 Å². The predicted octanol–water partition coefficient (Wildman–Crippen LogP) is 3.48. The number of alkyl halides is 2. The topological polar surface area (TPSA) is 70.5 Å². The summed E-state index contributed by atoms with van der Waals surface area (Å²) in [4.78, 5) is 7.31. The van der Waals surface area contributed by atoms with Crippen LogP contribution in [0.25, 0.3) is 16.1 Å². The molecule has 1 aromatic heterocycles. The van der Waals surface area contributed by atoms with Crippen LogP contribution < -0.4 is 4.74 Å². The summed E-state index contributed by atoms with van der Waals surface area (Å²) in [5.74, 6) is -0.254. The molecule has 0 saturated carbocycles. The first-order chi connectivity index (χ1) is 12.7. The van der Waals surface area contributed by atoms with Crippen molar-refractivity contribution in [2.75, 3.05) is 13.2 Å². The van der Waals surface area contributed by atoms with Crippen molar-refractivity contribution in [3.8, 4) is 29.6 Å². The Morgan fingerprint density at radius 1 is 1.44 bits per heavy atom. The number of nitriles is 1. The van der Waals surface area contributed by atoms with Gasteiger partial charge in [-0.05, 0) is 37.3 Å². The fraction of sp³-hybridized carbons (Fsp3) is 0.316. The molecule has 2 atom stereocenters. The van der Waals surface area contributed by atoms with E-state index in [4.69, 9.17) is 11.3 Å². The average Bonchev–Trinajstić information content (AvgIpc) is 2.99. The smallest absolute Gasteiger partial charge is 0.302 e. The predicted molar refractivity (Wildman–Crippen MR) is 91.2 cm³/mol. The molecule has 0 fully saturated rings. The Labute approximate surface area is 153 Å². The van der Waals surface area contributed by atoms with E-state index in [2.05, 4.69) is 15.9 Å². The molecule has 0 spiro atoms. The Hall–Kier alpha value is -3.10. The number of nitrogens with zero attached hydrogens (tertiary/aromatic N) is 3. The maximum Gasteiger partial charge on any atom is 0.302 e. The second kappa shape index (κ2) is 6.57. The number of pyridine rings is 1. The lowest BCUT2D eigenvalue weighted by molar-refractivity contribution is -0.0926. The van der Waals surface area contributed by atoms with E-state index in [-0.39, 0.29) is 18.1 Å². The molecule has 0 unspecified atom stereocenters. The zero-order valence-electron chi connectivity index (χ0n) is 14.3. The number of ether oxygens (including phenoxy) is 1. The minimum atomic E-state index is -3.23. The zero-order valence-corrected chi connectivity index (χ0v) is 14.3. The van der Waals surface area contributed by atoms with Crippen LogP contribution >= 0.6 is 0 Å². The van der Waals surface area contributed by atoms with Crippen LogP contribution in [-0.4, -0.2) is 29.7 Å². The summed E-state index contributed by atoms with van der Waals surface area (Å²) < 4.78 is 46.1. The van der Waals surface area contributed by atoms with Gasteiger partial charge < -0.3 is 9.84 Å². The van der Waals surface area contributed by atoms with Gasteiger partial charge in [0, 0.05) is 11.1 Å². The van der Waals surface area contributed by atoms with Gasteiger partial charge in [0.25, 0.3) is 13.0 Å². The van der Waals surface area contributed by atoms with Crippen molar-refractivity contribution in [1.29, 1.82) is 5.26 Å². The fourth-order valence-corrected chi connectivity index (χ4v) is 2.90.